The first-order chi connectivity index (χ1) is 13.8. The van der Waals surface area contributed by atoms with E-state index in [1.54, 1.807) is 12.1 Å². The number of amides is 2. The van der Waals surface area contributed by atoms with Crippen LogP contribution in [0.4, 0.5) is 15.8 Å². The summed E-state index contributed by atoms with van der Waals surface area (Å²) < 4.78 is 13.4. The number of tetrazole rings is 1. The van der Waals surface area contributed by atoms with Crippen molar-refractivity contribution in [3.63, 3.8) is 0 Å². The fourth-order valence-electron chi connectivity index (χ4n) is 2.63. The number of halogens is 1. The second-order valence-corrected chi connectivity index (χ2v) is 6.20. The number of rotatable bonds is 6. The Morgan fingerprint density at radius 1 is 1.03 bits per heavy atom. The van der Waals surface area contributed by atoms with Gasteiger partial charge in [0.05, 0.1) is 5.69 Å². The summed E-state index contributed by atoms with van der Waals surface area (Å²) in [5, 5.41) is 16.9. The highest BCUT2D eigenvalue weighted by molar-refractivity contribution is 6.05. The zero-order chi connectivity index (χ0) is 21.0. The maximum atomic E-state index is 13.4. The van der Waals surface area contributed by atoms with Crippen LogP contribution in [0.2, 0.25) is 0 Å². The van der Waals surface area contributed by atoms with Crippen LogP contribution < -0.4 is 10.6 Å². The molecule has 0 aliphatic heterocycles. The molecule has 0 bridgehead atoms. The van der Waals surface area contributed by atoms with Crippen molar-refractivity contribution in [3.8, 4) is 11.4 Å². The van der Waals surface area contributed by atoms with E-state index in [0.29, 0.717) is 11.3 Å². The molecule has 29 heavy (non-hydrogen) atoms. The van der Waals surface area contributed by atoms with E-state index in [1.807, 2.05) is 0 Å². The van der Waals surface area contributed by atoms with Gasteiger partial charge in [0.25, 0.3) is 0 Å². The van der Waals surface area contributed by atoms with E-state index in [2.05, 4.69) is 26.0 Å². The monoisotopic (exact) mass is 396 g/mol. The van der Waals surface area contributed by atoms with Crippen LogP contribution in [0.3, 0.4) is 0 Å². The third-order valence-corrected chi connectivity index (χ3v) is 3.77. The van der Waals surface area contributed by atoms with Crippen molar-refractivity contribution in [3.05, 3.63) is 53.8 Å². The van der Waals surface area contributed by atoms with E-state index in [1.165, 1.54) is 44.2 Å². The highest BCUT2D eigenvalue weighted by Crippen LogP contribution is 2.22. The molecule has 0 fully saturated rings. The standard InChI is InChI=1S/C19H17FN6O3/c1-11(27)21-15-6-7-16(17(9-15)22-12(2)28)18(29)10-26-24-19(23-25-26)13-4-3-5-14(20)8-13/h3-9H,10H2,1-2H3,(H,21,27)(H,22,28). The van der Waals surface area contributed by atoms with Gasteiger partial charge in [-0.2, -0.15) is 4.80 Å². The van der Waals surface area contributed by atoms with Crippen molar-refractivity contribution in [2.45, 2.75) is 20.4 Å². The average molecular weight is 396 g/mol. The van der Waals surface area contributed by atoms with Gasteiger partial charge in [-0.3, -0.25) is 14.4 Å². The third kappa shape index (κ3) is 5.06. The number of nitrogens with zero attached hydrogens (tertiary/aromatic N) is 4. The van der Waals surface area contributed by atoms with Crippen molar-refractivity contribution in [2.24, 2.45) is 0 Å². The number of anilines is 2. The molecular formula is C19H17FN6O3. The van der Waals surface area contributed by atoms with Gasteiger partial charge >= 0.3 is 0 Å². The Hall–Kier alpha value is -3.95. The number of hydrogen-bond donors (Lipinski definition) is 2. The molecule has 3 rings (SSSR count). The molecule has 2 amide bonds. The number of Topliss-reactive ketones (excluding diaryl/α,β-unsaturated/α-hetero) is 1. The first kappa shape index (κ1) is 19.8. The number of ketones is 1. The predicted octanol–water partition coefficient (Wildman–Crippen LogP) is 2.28. The Labute approximate surface area is 164 Å². The second kappa shape index (κ2) is 8.38. The fraction of sp³-hybridized carbons (Fsp3) is 0.158. The summed E-state index contributed by atoms with van der Waals surface area (Å²) in [5.41, 5.74) is 1.34. The molecule has 0 saturated carbocycles. The molecule has 148 valence electrons. The Kier molecular flexibility index (Phi) is 5.72. The highest BCUT2D eigenvalue weighted by atomic mass is 19.1. The molecule has 0 spiro atoms. The molecule has 0 saturated heterocycles. The minimum atomic E-state index is -0.436. The fourth-order valence-corrected chi connectivity index (χ4v) is 2.63. The molecule has 0 aliphatic rings. The Morgan fingerprint density at radius 2 is 1.79 bits per heavy atom. The molecule has 2 aromatic carbocycles. The maximum Gasteiger partial charge on any atom is 0.221 e. The Balaban J connectivity index is 1.83. The van der Waals surface area contributed by atoms with Gasteiger partial charge < -0.3 is 10.6 Å². The van der Waals surface area contributed by atoms with E-state index in [9.17, 15) is 18.8 Å². The Bertz CT molecular complexity index is 1100. The summed E-state index contributed by atoms with van der Waals surface area (Å²) in [6.45, 7) is 2.42. The van der Waals surface area contributed by atoms with Gasteiger partial charge in [-0.1, -0.05) is 12.1 Å². The molecule has 2 N–H and O–H groups in total. The summed E-state index contributed by atoms with van der Waals surface area (Å²) in [6, 6.07) is 10.2. The summed E-state index contributed by atoms with van der Waals surface area (Å²) >= 11 is 0. The molecule has 0 aliphatic carbocycles. The molecule has 9 nitrogen and oxygen atoms in total. The lowest BCUT2D eigenvalue weighted by Crippen LogP contribution is -2.17. The first-order valence-electron chi connectivity index (χ1n) is 8.58. The molecule has 1 heterocycles. The Morgan fingerprint density at radius 3 is 2.48 bits per heavy atom. The van der Waals surface area contributed by atoms with Crippen molar-refractivity contribution in [1.82, 2.24) is 20.2 Å². The zero-order valence-corrected chi connectivity index (χ0v) is 15.6. The van der Waals surface area contributed by atoms with E-state index >= 15 is 0 Å². The van der Waals surface area contributed by atoms with Gasteiger partial charge in [0.1, 0.15) is 12.4 Å². The first-order valence-corrected chi connectivity index (χ1v) is 8.58. The van der Waals surface area contributed by atoms with Crippen molar-refractivity contribution in [2.75, 3.05) is 10.6 Å². The largest absolute Gasteiger partial charge is 0.326 e. The van der Waals surface area contributed by atoms with Crippen molar-refractivity contribution < 1.29 is 18.8 Å². The average Bonchev–Trinajstić information content (AvgIpc) is 3.09. The van der Waals surface area contributed by atoms with E-state index in [0.717, 1.165) is 4.80 Å². The van der Waals surface area contributed by atoms with Crippen LogP contribution in [0.1, 0.15) is 24.2 Å². The SMILES string of the molecule is CC(=O)Nc1ccc(C(=O)Cn2nnc(-c3cccc(F)c3)n2)c(NC(C)=O)c1. The van der Waals surface area contributed by atoms with Gasteiger partial charge in [0.15, 0.2) is 5.78 Å². The van der Waals surface area contributed by atoms with Crippen LogP contribution in [0, 0.1) is 5.82 Å². The highest BCUT2D eigenvalue weighted by Gasteiger charge is 2.16. The molecule has 10 heteroatoms. The minimum absolute atomic E-state index is 0.181. The second-order valence-electron chi connectivity index (χ2n) is 6.20. The quantitative estimate of drug-likeness (QED) is 0.617. The molecule has 1 aromatic heterocycles. The summed E-state index contributed by atoms with van der Waals surface area (Å²) in [4.78, 5) is 36.5. The van der Waals surface area contributed by atoms with Gasteiger partial charge in [0, 0.05) is 30.7 Å². The topological polar surface area (TPSA) is 119 Å². The zero-order valence-electron chi connectivity index (χ0n) is 15.6. The lowest BCUT2D eigenvalue weighted by atomic mass is 10.1. The number of carbonyl (C=O) groups is 3. The van der Waals surface area contributed by atoms with Crippen LogP contribution in [-0.2, 0) is 16.1 Å². The van der Waals surface area contributed by atoms with Crippen LogP contribution >= 0.6 is 0 Å². The maximum absolute atomic E-state index is 13.4. The molecule has 0 radical (unpaired) electrons. The lowest BCUT2D eigenvalue weighted by molar-refractivity contribution is -0.115. The molecule has 0 atom stereocenters. The van der Waals surface area contributed by atoms with Crippen LogP contribution in [0.25, 0.3) is 11.4 Å². The van der Waals surface area contributed by atoms with E-state index in [4.69, 9.17) is 0 Å². The summed E-state index contributed by atoms with van der Waals surface area (Å²) in [5.74, 6) is -1.29. The number of hydrogen-bond acceptors (Lipinski definition) is 6. The minimum Gasteiger partial charge on any atom is -0.326 e. The van der Waals surface area contributed by atoms with Crippen LogP contribution in [0.15, 0.2) is 42.5 Å². The van der Waals surface area contributed by atoms with Crippen LogP contribution in [0.5, 0.6) is 0 Å². The van der Waals surface area contributed by atoms with Crippen LogP contribution in [-0.4, -0.2) is 37.8 Å². The lowest BCUT2D eigenvalue weighted by Gasteiger charge is -2.11. The third-order valence-electron chi connectivity index (χ3n) is 3.77. The molecule has 3 aromatic rings. The number of carbonyl (C=O) groups excluding carboxylic acids is 3. The number of nitrogens with one attached hydrogen (secondary N) is 2. The van der Waals surface area contributed by atoms with Crippen molar-refractivity contribution in [1.29, 1.82) is 0 Å². The molecule has 0 unspecified atom stereocenters. The van der Waals surface area contributed by atoms with Gasteiger partial charge in [-0.15, -0.1) is 10.2 Å². The molecular weight excluding hydrogens is 379 g/mol. The van der Waals surface area contributed by atoms with Gasteiger partial charge in [0.2, 0.25) is 17.6 Å². The summed E-state index contributed by atoms with van der Waals surface area (Å²) in [6.07, 6.45) is 0. The smallest absolute Gasteiger partial charge is 0.221 e. The number of benzene rings is 2. The van der Waals surface area contributed by atoms with Gasteiger partial charge in [-0.05, 0) is 35.5 Å². The predicted molar refractivity (Wildman–Crippen MR) is 103 cm³/mol. The van der Waals surface area contributed by atoms with Crippen molar-refractivity contribution >= 4 is 29.0 Å². The summed E-state index contributed by atoms with van der Waals surface area (Å²) in [7, 11) is 0. The van der Waals surface area contributed by atoms with Gasteiger partial charge in [-0.25, -0.2) is 4.39 Å². The number of aromatic nitrogens is 4. The van der Waals surface area contributed by atoms with E-state index < -0.39 is 5.82 Å². The normalized spacial score (nSPS) is 10.4. The van der Waals surface area contributed by atoms with E-state index in [-0.39, 0.29) is 41.2 Å².